The van der Waals surface area contributed by atoms with E-state index in [9.17, 15) is 9.90 Å². The molecule has 0 aliphatic heterocycles. The van der Waals surface area contributed by atoms with Crippen molar-refractivity contribution in [3.63, 3.8) is 0 Å². The molecule has 0 rings (SSSR count). The van der Waals surface area contributed by atoms with E-state index in [0.29, 0.717) is 18.3 Å². The number of hydrogen-bond donors (Lipinski definition) is 2. The van der Waals surface area contributed by atoms with Crippen molar-refractivity contribution < 1.29 is 9.90 Å². The Labute approximate surface area is 106 Å². The van der Waals surface area contributed by atoms with Gasteiger partial charge in [-0.1, -0.05) is 47.0 Å². The second kappa shape index (κ2) is 9.46. The second-order valence-corrected chi connectivity index (χ2v) is 5.09. The summed E-state index contributed by atoms with van der Waals surface area (Å²) in [6.45, 7) is 8.53. The Morgan fingerprint density at radius 3 is 2.35 bits per heavy atom. The average Bonchev–Trinajstić information content (AvgIpc) is 2.32. The van der Waals surface area contributed by atoms with Gasteiger partial charge in [0.15, 0.2) is 0 Å². The molecule has 3 nitrogen and oxygen atoms in total. The smallest absolute Gasteiger partial charge is 0.220 e. The van der Waals surface area contributed by atoms with Gasteiger partial charge in [0.2, 0.25) is 5.91 Å². The highest BCUT2D eigenvalue weighted by molar-refractivity contribution is 5.76. The van der Waals surface area contributed by atoms with Crippen LogP contribution in [0.15, 0.2) is 0 Å². The Morgan fingerprint density at radius 2 is 1.88 bits per heavy atom. The summed E-state index contributed by atoms with van der Waals surface area (Å²) in [6, 6.07) is -0.0964. The van der Waals surface area contributed by atoms with E-state index in [0.717, 1.165) is 12.8 Å². The molecule has 0 bridgehead atoms. The van der Waals surface area contributed by atoms with E-state index < -0.39 is 0 Å². The van der Waals surface area contributed by atoms with Gasteiger partial charge in [-0.3, -0.25) is 4.79 Å². The van der Waals surface area contributed by atoms with Crippen molar-refractivity contribution in [1.82, 2.24) is 5.32 Å². The van der Waals surface area contributed by atoms with E-state index in [-0.39, 0.29) is 18.6 Å². The summed E-state index contributed by atoms with van der Waals surface area (Å²) in [7, 11) is 0. The third-order valence-electron chi connectivity index (χ3n) is 3.57. The van der Waals surface area contributed by atoms with Crippen LogP contribution in [0.3, 0.4) is 0 Å². The summed E-state index contributed by atoms with van der Waals surface area (Å²) in [5, 5.41) is 12.3. The highest BCUT2D eigenvalue weighted by Gasteiger charge is 2.23. The Bertz CT molecular complexity index is 206. The summed E-state index contributed by atoms with van der Waals surface area (Å²) in [4.78, 5) is 11.5. The number of hydrogen-bond acceptors (Lipinski definition) is 2. The first-order chi connectivity index (χ1) is 8.06. The maximum absolute atomic E-state index is 11.5. The minimum absolute atomic E-state index is 0.0348. The highest BCUT2D eigenvalue weighted by atomic mass is 16.3. The quantitative estimate of drug-likeness (QED) is 0.654. The van der Waals surface area contributed by atoms with Crippen LogP contribution < -0.4 is 5.32 Å². The summed E-state index contributed by atoms with van der Waals surface area (Å²) < 4.78 is 0. The molecule has 2 N–H and O–H groups in total. The number of amides is 1. The van der Waals surface area contributed by atoms with Crippen molar-refractivity contribution in [3.8, 4) is 0 Å². The lowest BCUT2D eigenvalue weighted by atomic mass is 9.85. The number of aliphatic hydroxyl groups is 1. The molecule has 0 radical (unpaired) electrons. The van der Waals surface area contributed by atoms with Crippen molar-refractivity contribution in [2.75, 3.05) is 6.61 Å². The van der Waals surface area contributed by atoms with Gasteiger partial charge < -0.3 is 10.4 Å². The van der Waals surface area contributed by atoms with Gasteiger partial charge in [-0.15, -0.1) is 0 Å². The van der Waals surface area contributed by atoms with E-state index in [1.54, 1.807) is 0 Å². The van der Waals surface area contributed by atoms with Crippen molar-refractivity contribution >= 4 is 5.91 Å². The number of aliphatic hydroxyl groups excluding tert-OH is 1. The Morgan fingerprint density at radius 1 is 1.24 bits per heavy atom. The van der Waals surface area contributed by atoms with Gasteiger partial charge in [0, 0.05) is 6.42 Å². The molecule has 0 aromatic heterocycles. The molecule has 0 aromatic rings. The van der Waals surface area contributed by atoms with E-state index in [2.05, 4.69) is 26.1 Å². The van der Waals surface area contributed by atoms with Gasteiger partial charge in [0.05, 0.1) is 12.6 Å². The summed E-state index contributed by atoms with van der Waals surface area (Å²) in [5.41, 5.74) is 0. The molecule has 0 aliphatic carbocycles. The molecule has 102 valence electrons. The normalized spacial score (nSPS) is 16.3. The van der Waals surface area contributed by atoms with Crippen molar-refractivity contribution in [2.24, 2.45) is 11.8 Å². The Balaban J connectivity index is 4.18. The molecule has 0 aliphatic rings. The zero-order valence-electron chi connectivity index (χ0n) is 11.8. The van der Waals surface area contributed by atoms with Crippen LogP contribution >= 0.6 is 0 Å². The fourth-order valence-electron chi connectivity index (χ4n) is 2.03. The van der Waals surface area contributed by atoms with E-state index in [1.807, 2.05) is 6.92 Å². The van der Waals surface area contributed by atoms with E-state index >= 15 is 0 Å². The predicted molar refractivity (Wildman–Crippen MR) is 71.8 cm³/mol. The van der Waals surface area contributed by atoms with Crippen molar-refractivity contribution in [1.29, 1.82) is 0 Å². The lowest BCUT2D eigenvalue weighted by Gasteiger charge is -2.28. The predicted octanol–water partition coefficient (Wildman–Crippen LogP) is 2.73. The standard InChI is InChI=1S/C14H29NO2/c1-5-7-9-11(3)12(4)13(10-16)15-14(17)8-6-2/h11-13,16H,5-10H2,1-4H3,(H,15,17)/t11-,12-,13+/m1/s1. The fraction of sp³-hybridized carbons (Fsp3) is 0.929. The molecule has 0 saturated carbocycles. The zero-order chi connectivity index (χ0) is 13.3. The maximum Gasteiger partial charge on any atom is 0.220 e. The molecule has 0 heterocycles. The highest BCUT2D eigenvalue weighted by Crippen LogP contribution is 2.21. The Kier molecular flexibility index (Phi) is 9.14. The topological polar surface area (TPSA) is 49.3 Å². The number of nitrogens with one attached hydrogen (secondary N) is 1. The summed E-state index contributed by atoms with van der Waals surface area (Å²) in [6.07, 6.45) is 4.98. The van der Waals surface area contributed by atoms with Gasteiger partial charge in [-0.05, 0) is 18.3 Å². The number of rotatable bonds is 9. The second-order valence-electron chi connectivity index (χ2n) is 5.09. The molecule has 0 aromatic carbocycles. The van der Waals surface area contributed by atoms with E-state index in [4.69, 9.17) is 0 Å². The first-order valence-electron chi connectivity index (χ1n) is 6.96. The molecular weight excluding hydrogens is 214 g/mol. The first kappa shape index (κ1) is 16.4. The third-order valence-corrected chi connectivity index (χ3v) is 3.57. The average molecular weight is 243 g/mol. The number of carbonyl (C=O) groups is 1. The molecule has 1 amide bonds. The van der Waals surface area contributed by atoms with Crippen LogP contribution in [0.2, 0.25) is 0 Å². The first-order valence-corrected chi connectivity index (χ1v) is 6.96. The molecular formula is C14H29NO2. The van der Waals surface area contributed by atoms with Crippen LogP contribution in [0.4, 0.5) is 0 Å². The third kappa shape index (κ3) is 6.67. The molecule has 0 spiro atoms. The van der Waals surface area contributed by atoms with Crippen molar-refractivity contribution in [3.05, 3.63) is 0 Å². The lowest BCUT2D eigenvalue weighted by molar-refractivity contribution is -0.122. The number of unbranched alkanes of at least 4 members (excludes halogenated alkanes) is 1. The van der Waals surface area contributed by atoms with E-state index in [1.165, 1.54) is 12.8 Å². The molecule has 0 unspecified atom stereocenters. The molecule has 3 heteroatoms. The Hall–Kier alpha value is -0.570. The van der Waals surface area contributed by atoms with Crippen LogP contribution in [0.1, 0.15) is 59.8 Å². The number of carbonyl (C=O) groups excluding carboxylic acids is 1. The van der Waals surface area contributed by atoms with Gasteiger partial charge in [-0.25, -0.2) is 0 Å². The van der Waals surface area contributed by atoms with Gasteiger partial charge in [0.25, 0.3) is 0 Å². The fourth-order valence-corrected chi connectivity index (χ4v) is 2.03. The SMILES string of the molecule is CCCC[C@@H](C)[C@@H](C)[C@H](CO)NC(=O)CCC. The summed E-state index contributed by atoms with van der Waals surface area (Å²) >= 11 is 0. The van der Waals surface area contributed by atoms with Gasteiger partial charge in [0.1, 0.15) is 0 Å². The molecule has 3 atom stereocenters. The minimum Gasteiger partial charge on any atom is -0.394 e. The lowest BCUT2D eigenvalue weighted by Crippen LogP contribution is -2.43. The maximum atomic E-state index is 11.5. The summed E-state index contributed by atoms with van der Waals surface area (Å²) in [5.74, 6) is 0.919. The van der Waals surface area contributed by atoms with Crippen LogP contribution in [-0.2, 0) is 4.79 Å². The van der Waals surface area contributed by atoms with Gasteiger partial charge >= 0.3 is 0 Å². The van der Waals surface area contributed by atoms with Crippen LogP contribution in [0.25, 0.3) is 0 Å². The van der Waals surface area contributed by atoms with Crippen molar-refractivity contribution in [2.45, 2.75) is 65.8 Å². The minimum atomic E-state index is -0.0964. The van der Waals surface area contributed by atoms with Crippen LogP contribution in [0, 0.1) is 11.8 Å². The molecule has 0 saturated heterocycles. The molecule has 17 heavy (non-hydrogen) atoms. The largest absolute Gasteiger partial charge is 0.394 e. The van der Waals surface area contributed by atoms with Gasteiger partial charge in [-0.2, -0.15) is 0 Å². The monoisotopic (exact) mass is 243 g/mol. The van der Waals surface area contributed by atoms with Crippen LogP contribution in [0.5, 0.6) is 0 Å². The zero-order valence-corrected chi connectivity index (χ0v) is 11.8. The molecule has 0 fully saturated rings. The van der Waals surface area contributed by atoms with Crippen LogP contribution in [-0.4, -0.2) is 23.7 Å².